The number of rotatable bonds is 2. The first kappa shape index (κ1) is 7.65. The van der Waals surface area contributed by atoms with Gasteiger partial charge in [-0.3, -0.25) is 9.59 Å². The van der Waals surface area contributed by atoms with Gasteiger partial charge >= 0.3 is 0 Å². The van der Waals surface area contributed by atoms with Crippen molar-refractivity contribution >= 4 is 5.78 Å². The molecule has 4 nitrogen and oxygen atoms in total. The van der Waals surface area contributed by atoms with E-state index in [9.17, 15) is 9.59 Å². The summed E-state index contributed by atoms with van der Waals surface area (Å²) in [5.41, 5.74) is -0.247. The van der Waals surface area contributed by atoms with E-state index in [0.717, 1.165) is 4.68 Å². The van der Waals surface area contributed by atoms with E-state index in [0.29, 0.717) is 0 Å². The molecule has 0 saturated carbocycles. The maximum absolute atomic E-state index is 10.9. The van der Waals surface area contributed by atoms with E-state index in [2.05, 4.69) is 5.10 Å². The molecule has 0 amide bonds. The number of aromatic nitrogens is 2. The highest BCUT2D eigenvalue weighted by molar-refractivity contribution is 5.75. The molecule has 0 aliphatic carbocycles. The largest absolute Gasteiger partial charge is 0.298 e. The monoisotopic (exact) mass is 152 g/mol. The summed E-state index contributed by atoms with van der Waals surface area (Å²) in [5, 5.41) is 3.70. The lowest BCUT2D eigenvalue weighted by atomic mass is 10.4. The molecule has 1 aromatic heterocycles. The molecule has 0 aromatic carbocycles. The molecule has 0 bridgehead atoms. The topological polar surface area (TPSA) is 52.0 Å². The zero-order chi connectivity index (χ0) is 8.27. The average Bonchev–Trinajstić information content (AvgIpc) is 1.93. The van der Waals surface area contributed by atoms with Gasteiger partial charge in [0.25, 0.3) is 5.56 Å². The number of carbonyl (C=O) groups is 1. The second-order valence-electron chi connectivity index (χ2n) is 2.22. The molecule has 11 heavy (non-hydrogen) atoms. The van der Waals surface area contributed by atoms with E-state index in [4.69, 9.17) is 0 Å². The molecule has 0 atom stereocenters. The normalized spacial score (nSPS) is 9.55. The Labute approximate surface area is 63.5 Å². The van der Waals surface area contributed by atoms with Crippen LogP contribution in [0.15, 0.2) is 23.1 Å². The van der Waals surface area contributed by atoms with Crippen LogP contribution in [0.1, 0.15) is 6.92 Å². The third-order valence-corrected chi connectivity index (χ3v) is 1.16. The first-order chi connectivity index (χ1) is 5.20. The fourth-order valence-electron chi connectivity index (χ4n) is 0.717. The van der Waals surface area contributed by atoms with Crippen molar-refractivity contribution in [3.8, 4) is 0 Å². The van der Waals surface area contributed by atoms with Gasteiger partial charge in [-0.2, -0.15) is 5.10 Å². The van der Waals surface area contributed by atoms with Gasteiger partial charge < -0.3 is 0 Å². The van der Waals surface area contributed by atoms with Crippen LogP contribution >= 0.6 is 0 Å². The summed E-state index contributed by atoms with van der Waals surface area (Å²) in [6.45, 7) is 1.47. The number of carbonyl (C=O) groups excluding carboxylic acids is 1. The molecule has 1 aromatic rings. The van der Waals surface area contributed by atoms with Gasteiger partial charge in [-0.1, -0.05) is 0 Å². The Kier molecular flexibility index (Phi) is 2.15. The second kappa shape index (κ2) is 3.09. The number of Topliss-reactive ketones (excluding diaryl/α,β-unsaturated/α-hetero) is 1. The lowest BCUT2D eigenvalue weighted by Crippen LogP contribution is -2.24. The Balaban J connectivity index is 2.95. The summed E-state index contributed by atoms with van der Waals surface area (Å²) in [6.07, 6.45) is 1.48. The van der Waals surface area contributed by atoms with E-state index >= 15 is 0 Å². The van der Waals surface area contributed by atoms with Crippen LogP contribution < -0.4 is 5.56 Å². The van der Waals surface area contributed by atoms with Crippen molar-refractivity contribution in [2.45, 2.75) is 13.5 Å². The summed E-state index contributed by atoms with van der Waals surface area (Å²) in [6, 6.07) is 2.91. The van der Waals surface area contributed by atoms with Crippen molar-refractivity contribution in [1.29, 1.82) is 0 Å². The SMILES string of the molecule is CC(=O)Cn1ncccc1=O. The van der Waals surface area contributed by atoms with Crippen molar-refractivity contribution in [3.05, 3.63) is 28.7 Å². The predicted octanol–water partition coefficient (Wildman–Crippen LogP) is -0.168. The van der Waals surface area contributed by atoms with Crippen molar-refractivity contribution < 1.29 is 4.79 Å². The molecule has 0 aliphatic rings. The van der Waals surface area contributed by atoms with Gasteiger partial charge in [0.15, 0.2) is 5.78 Å². The smallest absolute Gasteiger partial charge is 0.267 e. The number of nitrogens with zero attached hydrogens (tertiary/aromatic N) is 2. The summed E-state index contributed by atoms with van der Waals surface area (Å²) in [5.74, 6) is -0.0780. The first-order valence-electron chi connectivity index (χ1n) is 3.22. The van der Waals surface area contributed by atoms with E-state index in [-0.39, 0.29) is 17.9 Å². The van der Waals surface area contributed by atoms with E-state index in [1.807, 2.05) is 0 Å². The van der Waals surface area contributed by atoms with Gasteiger partial charge in [-0.05, 0) is 13.0 Å². The molecule has 58 valence electrons. The maximum Gasteiger partial charge on any atom is 0.267 e. The predicted molar refractivity (Wildman–Crippen MR) is 39.2 cm³/mol. The molecule has 0 aliphatic heterocycles. The maximum atomic E-state index is 10.9. The fraction of sp³-hybridized carbons (Fsp3) is 0.286. The fourth-order valence-corrected chi connectivity index (χ4v) is 0.717. The third-order valence-electron chi connectivity index (χ3n) is 1.16. The minimum absolute atomic E-state index is 0.0552. The third kappa shape index (κ3) is 2.00. The van der Waals surface area contributed by atoms with Gasteiger partial charge in [-0.25, -0.2) is 4.68 Å². The highest BCUT2D eigenvalue weighted by Gasteiger charge is 1.97. The van der Waals surface area contributed by atoms with E-state index < -0.39 is 0 Å². The van der Waals surface area contributed by atoms with Gasteiger partial charge in [-0.15, -0.1) is 0 Å². The molecular formula is C7H8N2O2. The van der Waals surface area contributed by atoms with Crippen LogP contribution in [0.4, 0.5) is 0 Å². The number of hydrogen-bond donors (Lipinski definition) is 0. The van der Waals surface area contributed by atoms with Gasteiger partial charge in [0, 0.05) is 12.3 Å². The molecule has 0 N–H and O–H groups in total. The van der Waals surface area contributed by atoms with Gasteiger partial charge in [0.2, 0.25) is 0 Å². The van der Waals surface area contributed by atoms with Crippen LogP contribution in [0.2, 0.25) is 0 Å². The molecule has 0 spiro atoms. The second-order valence-corrected chi connectivity index (χ2v) is 2.22. The molecule has 1 rings (SSSR count). The van der Waals surface area contributed by atoms with Crippen LogP contribution in [0, 0.1) is 0 Å². The molecule has 4 heteroatoms. The van der Waals surface area contributed by atoms with Crippen LogP contribution in [-0.4, -0.2) is 15.6 Å². The highest BCUT2D eigenvalue weighted by atomic mass is 16.1. The van der Waals surface area contributed by atoms with Gasteiger partial charge in [0.1, 0.15) is 6.54 Å². The highest BCUT2D eigenvalue weighted by Crippen LogP contribution is 1.77. The molecule has 0 saturated heterocycles. The Morgan fingerprint density at radius 2 is 2.45 bits per heavy atom. The van der Waals surface area contributed by atoms with E-state index in [1.165, 1.54) is 19.2 Å². The first-order valence-corrected chi connectivity index (χ1v) is 3.22. The number of hydrogen-bond acceptors (Lipinski definition) is 3. The molecule has 0 radical (unpaired) electrons. The average molecular weight is 152 g/mol. The Morgan fingerprint density at radius 1 is 1.73 bits per heavy atom. The molecule has 0 fully saturated rings. The quantitative estimate of drug-likeness (QED) is 0.591. The van der Waals surface area contributed by atoms with Crippen molar-refractivity contribution in [3.63, 3.8) is 0 Å². The zero-order valence-electron chi connectivity index (χ0n) is 6.15. The van der Waals surface area contributed by atoms with Crippen LogP contribution in [0.3, 0.4) is 0 Å². The lowest BCUT2D eigenvalue weighted by molar-refractivity contribution is -0.117. The Bertz CT molecular complexity index is 316. The number of ketones is 1. The molecule has 0 unspecified atom stereocenters. The minimum atomic E-state index is -0.247. The van der Waals surface area contributed by atoms with Gasteiger partial charge in [0.05, 0.1) is 0 Å². The lowest BCUT2D eigenvalue weighted by Gasteiger charge is -1.97. The van der Waals surface area contributed by atoms with Crippen LogP contribution in [0.25, 0.3) is 0 Å². The molecular weight excluding hydrogens is 144 g/mol. The Hall–Kier alpha value is -1.45. The molecule has 1 heterocycles. The summed E-state index contributed by atoms with van der Waals surface area (Å²) in [7, 11) is 0. The van der Waals surface area contributed by atoms with Crippen molar-refractivity contribution in [2.24, 2.45) is 0 Å². The van der Waals surface area contributed by atoms with Crippen molar-refractivity contribution in [2.75, 3.05) is 0 Å². The summed E-state index contributed by atoms with van der Waals surface area (Å²) in [4.78, 5) is 21.5. The van der Waals surface area contributed by atoms with Crippen molar-refractivity contribution in [1.82, 2.24) is 9.78 Å². The minimum Gasteiger partial charge on any atom is -0.298 e. The Morgan fingerprint density at radius 3 is 3.00 bits per heavy atom. The van der Waals surface area contributed by atoms with E-state index in [1.54, 1.807) is 6.07 Å². The standard InChI is InChI=1S/C7H8N2O2/c1-6(10)5-9-7(11)3-2-4-8-9/h2-4H,5H2,1H3. The van der Waals surface area contributed by atoms with Crippen LogP contribution in [-0.2, 0) is 11.3 Å². The van der Waals surface area contributed by atoms with Crippen LogP contribution in [0.5, 0.6) is 0 Å². The zero-order valence-corrected chi connectivity index (χ0v) is 6.15. The summed E-state index contributed by atoms with van der Waals surface area (Å²) < 4.78 is 1.13. The summed E-state index contributed by atoms with van der Waals surface area (Å²) >= 11 is 0.